The molecule has 0 unspecified atom stereocenters. The molecule has 122 valence electrons. The maximum Gasteiger partial charge on any atom is 0.276 e. The molecule has 0 aromatic heterocycles. The average Bonchev–Trinajstić information content (AvgIpc) is 2.56. The number of rotatable bonds is 7. The minimum Gasteiger partial charge on any atom is -0.494 e. The van der Waals surface area contributed by atoms with Gasteiger partial charge in [0, 0.05) is 0 Å². The molecule has 0 fully saturated rings. The van der Waals surface area contributed by atoms with Crippen LogP contribution in [0.25, 0.3) is 0 Å². The van der Waals surface area contributed by atoms with Crippen LogP contribution < -0.4 is 9.57 Å². The molecule has 0 saturated heterocycles. The van der Waals surface area contributed by atoms with Crippen molar-refractivity contribution in [2.75, 3.05) is 6.61 Å². The highest BCUT2D eigenvalue weighted by atomic mass is 32.2. The first-order chi connectivity index (χ1) is 11.0. The Labute approximate surface area is 137 Å². The number of nitrogens with zero attached hydrogens (tertiary/aromatic N) is 1. The van der Waals surface area contributed by atoms with E-state index in [0.29, 0.717) is 12.4 Å². The molecule has 0 heterocycles. The molecule has 0 aliphatic rings. The highest BCUT2D eigenvalue weighted by Crippen LogP contribution is 2.15. The topological polar surface area (TPSA) is 67.8 Å². The Morgan fingerprint density at radius 1 is 1.04 bits per heavy atom. The summed E-state index contributed by atoms with van der Waals surface area (Å²) >= 11 is 0. The predicted octanol–water partition coefficient (Wildman–Crippen LogP) is 2.96. The second-order valence-corrected chi connectivity index (χ2v) is 6.51. The van der Waals surface area contributed by atoms with Crippen LogP contribution in [0.3, 0.4) is 0 Å². The number of benzene rings is 2. The van der Waals surface area contributed by atoms with E-state index in [1.165, 1.54) is 23.9 Å². The standard InChI is InChI=1S/C17H20N2O3S/c1-3-14-5-7-15(8-6-14)13-18-19-23(20,21)17-11-9-16(10-12-17)22-4-2/h5-13,19H,3-4H2,1-2H3/b18-13+. The van der Waals surface area contributed by atoms with Gasteiger partial charge in [0.2, 0.25) is 0 Å². The lowest BCUT2D eigenvalue weighted by molar-refractivity contribution is 0.340. The van der Waals surface area contributed by atoms with Crippen molar-refractivity contribution in [3.05, 3.63) is 59.7 Å². The Bertz CT molecular complexity index is 751. The fourth-order valence-electron chi connectivity index (χ4n) is 1.94. The van der Waals surface area contributed by atoms with E-state index in [1.54, 1.807) is 12.1 Å². The third-order valence-electron chi connectivity index (χ3n) is 3.22. The normalized spacial score (nSPS) is 11.6. The summed E-state index contributed by atoms with van der Waals surface area (Å²) in [5, 5.41) is 3.81. The molecule has 5 nitrogen and oxygen atoms in total. The summed E-state index contributed by atoms with van der Waals surface area (Å²) in [4.78, 5) is 2.34. The molecule has 0 atom stereocenters. The third kappa shape index (κ3) is 4.82. The van der Waals surface area contributed by atoms with Crippen LogP contribution in [0.2, 0.25) is 0 Å². The van der Waals surface area contributed by atoms with Gasteiger partial charge in [-0.2, -0.15) is 13.5 Å². The van der Waals surface area contributed by atoms with Crippen molar-refractivity contribution in [2.45, 2.75) is 25.2 Å². The van der Waals surface area contributed by atoms with Crippen molar-refractivity contribution < 1.29 is 13.2 Å². The van der Waals surface area contributed by atoms with Crippen molar-refractivity contribution in [3.63, 3.8) is 0 Å². The van der Waals surface area contributed by atoms with Crippen LogP contribution in [-0.4, -0.2) is 21.2 Å². The number of hydrogen-bond donors (Lipinski definition) is 1. The molecule has 2 rings (SSSR count). The lowest BCUT2D eigenvalue weighted by Crippen LogP contribution is -2.18. The van der Waals surface area contributed by atoms with E-state index in [1.807, 2.05) is 31.2 Å². The number of hydrazone groups is 1. The van der Waals surface area contributed by atoms with Crippen molar-refractivity contribution >= 4 is 16.2 Å². The Morgan fingerprint density at radius 3 is 2.26 bits per heavy atom. The van der Waals surface area contributed by atoms with Gasteiger partial charge in [-0.3, -0.25) is 0 Å². The summed E-state index contributed by atoms with van der Waals surface area (Å²) in [6.45, 7) is 4.48. The Hall–Kier alpha value is -2.34. The van der Waals surface area contributed by atoms with Crippen LogP contribution in [0.4, 0.5) is 0 Å². The molecule has 0 amide bonds. The van der Waals surface area contributed by atoms with Crippen molar-refractivity contribution in [3.8, 4) is 5.75 Å². The molecule has 0 spiro atoms. The molecule has 2 aromatic carbocycles. The summed E-state index contributed by atoms with van der Waals surface area (Å²) in [6.07, 6.45) is 2.44. The predicted molar refractivity (Wildman–Crippen MR) is 91.3 cm³/mol. The van der Waals surface area contributed by atoms with Gasteiger partial charge in [-0.25, -0.2) is 4.83 Å². The van der Waals surface area contributed by atoms with Gasteiger partial charge in [-0.15, -0.1) is 0 Å². The molecule has 23 heavy (non-hydrogen) atoms. The van der Waals surface area contributed by atoms with E-state index in [4.69, 9.17) is 4.74 Å². The summed E-state index contributed by atoms with van der Waals surface area (Å²) in [5.74, 6) is 0.631. The van der Waals surface area contributed by atoms with Crippen molar-refractivity contribution in [1.82, 2.24) is 4.83 Å². The van der Waals surface area contributed by atoms with Crippen LogP contribution in [0, 0.1) is 0 Å². The molecule has 0 bridgehead atoms. The Morgan fingerprint density at radius 2 is 1.70 bits per heavy atom. The number of hydrogen-bond acceptors (Lipinski definition) is 4. The molecule has 1 N–H and O–H groups in total. The van der Waals surface area contributed by atoms with Gasteiger partial charge in [0.05, 0.1) is 17.7 Å². The summed E-state index contributed by atoms with van der Waals surface area (Å²) < 4.78 is 29.5. The molecule has 0 radical (unpaired) electrons. The van der Waals surface area contributed by atoms with Crippen molar-refractivity contribution in [1.29, 1.82) is 0 Å². The minimum absolute atomic E-state index is 0.138. The van der Waals surface area contributed by atoms with Gasteiger partial charge in [0.15, 0.2) is 0 Å². The van der Waals surface area contributed by atoms with Gasteiger partial charge in [0.25, 0.3) is 10.0 Å². The van der Waals surface area contributed by atoms with Gasteiger partial charge in [-0.1, -0.05) is 31.2 Å². The highest BCUT2D eigenvalue weighted by molar-refractivity contribution is 7.89. The van der Waals surface area contributed by atoms with Gasteiger partial charge < -0.3 is 4.74 Å². The largest absolute Gasteiger partial charge is 0.494 e. The maximum atomic E-state index is 12.1. The summed E-state index contributed by atoms with van der Waals surface area (Å²) in [7, 11) is -3.68. The zero-order chi connectivity index (χ0) is 16.7. The second kappa shape index (κ2) is 7.78. The smallest absolute Gasteiger partial charge is 0.276 e. The zero-order valence-corrected chi connectivity index (χ0v) is 14.0. The molecule has 2 aromatic rings. The third-order valence-corrected chi connectivity index (χ3v) is 4.46. The molecule has 0 aliphatic heterocycles. The molecular weight excluding hydrogens is 312 g/mol. The SMILES string of the molecule is CCOc1ccc(S(=O)(=O)N/N=C/c2ccc(CC)cc2)cc1. The lowest BCUT2D eigenvalue weighted by atomic mass is 10.1. The van der Waals surface area contributed by atoms with Crippen LogP contribution in [-0.2, 0) is 16.4 Å². The van der Waals surface area contributed by atoms with Gasteiger partial charge in [0.1, 0.15) is 5.75 Å². The van der Waals surface area contributed by atoms with Crippen LogP contribution in [0.1, 0.15) is 25.0 Å². The number of nitrogens with one attached hydrogen (secondary N) is 1. The number of sulfonamides is 1. The van der Waals surface area contributed by atoms with Crippen LogP contribution in [0.15, 0.2) is 58.5 Å². The van der Waals surface area contributed by atoms with E-state index in [2.05, 4.69) is 16.9 Å². The maximum absolute atomic E-state index is 12.1. The number of ether oxygens (including phenoxy) is 1. The van der Waals surface area contributed by atoms with E-state index in [-0.39, 0.29) is 4.90 Å². The Kier molecular flexibility index (Phi) is 5.76. The first-order valence-corrected chi connectivity index (χ1v) is 8.90. The zero-order valence-electron chi connectivity index (χ0n) is 13.2. The van der Waals surface area contributed by atoms with E-state index >= 15 is 0 Å². The minimum atomic E-state index is -3.68. The fraction of sp³-hybridized carbons (Fsp3) is 0.235. The Balaban J connectivity index is 2.03. The molecular formula is C17H20N2O3S. The van der Waals surface area contributed by atoms with E-state index in [0.717, 1.165) is 12.0 Å². The molecule has 6 heteroatoms. The van der Waals surface area contributed by atoms with Crippen LogP contribution >= 0.6 is 0 Å². The summed E-state index contributed by atoms with van der Waals surface area (Å²) in [5.41, 5.74) is 2.05. The van der Waals surface area contributed by atoms with E-state index in [9.17, 15) is 8.42 Å². The first-order valence-electron chi connectivity index (χ1n) is 7.42. The number of aryl methyl sites for hydroxylation is 1. The monoisotopic (exact) mass is 332 g/mol. The molecule has 0 saturated carbocycles. The molecule has 0 aliphatic carbocycles. The lowest BCUT2D eigenvalue weighted by Gasteiger charge is -2.05. The first kappa shape index (κ1) is 17.0. The average molecular weight is 332 g/mol. The fourth-order valence-corrected chi connectivity index (χ4v) is 2.74. The summed E-state index contributed by atoms with van der Waals surface area (Å²) in [6, 6.07) is 14.0. The van der Waals surface area contributed by atoms with Crippen molar-refractivity contribution in [2.24, 2.45) is 5.10 Å². The van der Waals surface area contributed by atoms with E-state index < -0.39 is 10.0 Å². The van der Waals surface area contributed by atoms with Crippen LogP contribution in [0.5, 0.6) is 5.75 Å². The second-order valence-electron chi connectivity index (χ2n) is 4.85. The van der Waals surface area contributed by atoms with Gasteiger partial charge >= 0.3 is 0 Å². The van der Waals surface area contributed by atoms with Gasteiger partial charge in [-0.05, 0) is 48.7 Å². The highest BCUT2D eigenvalue weighted by Gasteiger charge is 2.12. The quantitative estimate of drug-likeness (QED) is 0.626.